The molecule has 3 rings (SSSR count). The van der Waals surface area contributed by atoms with E-state index in [9.17, 15) is 25.2 Å². The van der Waals surface area contributed by atoms with Crippen molar-refractivity contribution in [3.63, 3.8) is 0 Å². The number of aromatic hydroxyl groups is 3. The normalized spacial score (nSPS) is 11.2. The van der Waals surface area contributed by atoms with Crippen LogP contribution in [-0.4, -0.2) is 26.4 Å². The molecule has 4 N–H and O–H groups in total. The van der Waals surface area contributed by atoms with Gasteiger partial charge in [-0.1, -0.05) is 36.4 Å². The van der Waals surface area contributed by atoms with E-state index < -0.39 is 11.4 Å². The Morgan fingerprint density at radius 2 is 0.960 bits per heavy atom. The zero-order valence-corrected chi connectivity index (χ0v) is 13.1. The second kappa shape index (κ2) is 6.20. The Kier molecular flexibility index (Phi) is 4.07. The second-order valence-electron chi connectivity index (χ2n) is 5.71. The van der Waals surface area contributed by atoms with E-state index in [0.29, 0.717) is 16.7 Å². The molecule has 126 valence electrons. The third-order valence-electron chi connectivity index (χ3n) is 4.16. The molecule has 0 amide bonds. The van der Waals surface area contributed by atoms with Crippen LogP contribution in [-0.2, 0) is 10.2 Å². The van der Waals surface area contributed by atoms with Crippen molar-refractivity contribution in [2.24, 2.45) is 0 Å². The van der Waals surface area contributed by atoms with Crippen molar-refractivity contribution in [3.8, 4) is 17.2 Å². The standard InChI is InChI=1S/C20H16O5/c21-16-7-1-4-13(10-16)20(19(24)25,14-5-2-8-17(22)11-14)15-6-3-9-18(23)12-15/h1-12,21-23H,(H,24,25). The summed E-state index contributed by atoms with van der Waals surface area (Å²) in [6.45, 7) is 0. The molecule has 0 aliphatic heterocycles. The Bertz CT molecular complexity index is 822. The van der Waals surface area contributed by atoms with Crippen LogP contribution < -0.4 is 0 Å². The van der Waals surface area contributed by atoms with Gasteiger partial charge < -0.3 is 20.4 Å². The minimum Gasteiger partial charge on any atom is -0.508 e. The quantitative estimate of drug-likeness (QED) is 0.548. The third kappa shape index (κ3) is 2.76. The summed E-state index contributed by atoms with van der Waals surface area (Å²) in [4.78, 5) is 12.5. The van der Waals surface area contributed by atoms with E-state index in [1.165, 1.54) is 36.4 Å². The molecule has 0 atom stereocenters. The molecule has 3 aromatic carbocycles. The number of aliphatic carboxylic acids is 1. The van der Waals surface area contributed by atoms with Gasteiger partial charge in [-0.2, -0.15) is 0 Å². The van der Waals surface area contributed by atoms with Crippen LogP contribution in [0.25, 0.3) is 0 Å². The Hall–Kier alpha value is -3.47. The number of hydrogen-bond donors (Lipinski definition) is 4. The fourth-order valence-electron chi connectivity index (χ4n) is 3.09. The first kappa shape index (κ1) is 16.4. The van der Waals surface area contributed by atoms with Crippen molar-refractivity contribution < 1.29 is 25.2 Å². The molecule has 0 aliphatic carbocycles. The summed E-state index contributed by atoms with van der Waals surface area (Å²) >= 11 is 0. The maximum Gasteiger partial charge on any atom is 0.323 e. The lowest BCUT2D eigenvalue weighted by atomic mass is 9.69. The molecule has 0 fully saturated rings. The topological polar surface area (TPSA) is 98.0 Å². The lowest BCUT2D eigenvalue weighted by Gasteiger charge is -2.31. The van der Waals surface area contributed by atoms with Gasteiger partial charge >= 0.3 is 5.97 Å². The van der Waals surface area contributed by atoms with Crippen molar-refractivity contribution in [3.05, 3.63) is 89.5 Å². The molecule has 0 saturated carbocycles. The largest absolute Gasteiger partial charge is 0.508 e. The average molecular weight is 336 g/mol. The zero-order chi connectivity index (χ0) is 18.0. The van der Waals surface area contributed by atoms with E-state index in [1.54, 1.807) is 36.4 Å². The molecule has 0 bridgehead atoms. The summed E-state index contributed by atoms with van der Waals surface area (Å²) < 4.78 is 0. The fourth-order valence-corrected chi connectivity index (χ4v) is 3.09. The number of phenols is 3. The Labute approximate surface area is 144 Å². The van der Waals surface area contributed by atoms with Crippen molar-refractivity contribution in [2.45, 2.75) is 5.41 Å². The third-order valence-corrected chi connectivity index (χ3v) is 4.16. The van der Waals surface area contributed by atoms with Crippen LogP contribution in [0.2, 0.25) is 0 Å². The summed E-state index contributed by atoms with van der Waals surface area (Å²) in [5.74, 6) is -1.44. The van der Waals surface area contributed by atoms with Crippen molar-refractivity contribution in [1.82, 2.24) is 0 Å². The zero-order valence-electron chi connectivity index (χ0n) is 13.1. The smallest absolute Gasteiger partial charge is 0.323 e. The molecule has 0 heterocycles. The Morgan fingerprint density at radius 1 is 0.640 bits per heavy atom. The highest BCUT2D eigenvalue weighted by molar-refractivity contribution is 5.91. The number of carbonyl (C=O) groups is 1. The van der Waals surface area contributed by atoms with Crippen LogP contribution in [0.1, 0.15) is 16.7 Å². The molecule has 5 heteroatoms. The fraction of sp³-hybridized carbons (Fsp3) is 0.0500. The number of carboxylic acids is 1. The van der Waals surface area contributed by atoms with Gasteiger partial charge in [0.25, 0.3) is 0 Å². The van der Waals surface area contributed by atoms with Crippen molar-refractivity contribution in [1.29, 1.82) is 0 Å². The maximum absolute atomic E-state index is 12.5. The van der Waals surface area contributed by atoms with Crippen LogP contribution in [0, 0.1) is 0 Å². The lowest BCUT2D eigenvalue weighted by molar-refractivity contribution is -0.140. The second-order valence-corrected chi connectivity index (χ2v) is 5.71. The van der Waals surface area contributed by atoms with E-state index in [2.05, 4.69) is 0 Å². The van der Waals surface area contributed by atoms with Crippen LogP contribution in [0.3, 0.4) is 0 Å². The van der Waals surface area contributed by atoms with Gasteiger partial charge in [0.15, 0.2) is 0 Å². The summed E-state index contributed by atoms with van der Waals surface area (Å²) in [5, 5.41) is 39.8. The number of hydrogen-bond acceptors (Lipinski definition) is 4. The van der Waals surface area contributed by atoms with E-state index in [-0.39, 0.29) is 17.2 Å². The highest BCUT2D eigenvalue weighted by Gasteiger charge is 2.44. The molecule has 5 nitrogen and oxygen atoms in total. The first-order chi connectivity index (χ1) is 11.9. The number of carboxylic acid groups (broad SMARTS) is 1. The van der Waals surface area contributed by atoms with Gasteiger partial charge in [0, 0.05) is 0 Å². The monoisotopic (exact) mass is 336 g/mol. The van der Waals surface area contributed by atoms with Crippen LogP contribution >= 0.6 is 0 Å². The van der Waals surface area contributed by atoms with Crippen LogP contribution in [0.5, 0.6) is 17.2 Å². The highest BCUT2D eigenvalue weighted by Crippen LogP contribution is 2.42. The van der Waals surface area contributed by atoms with Crippen LogP contribution in [0.15, 0.2) is 72.8 Å². The predicted molar refractivity (Wildman–Crippen MR) is 91.8 cm³/mol. The van der Waals surface area contributed by atoms with Gasteiger partial charge in [0.2, 0.25) is 0 Å². The van der Waals surface area contributed by atoms with E-state index >= 15 is 0 Å². The van der Waals surface area contributed by atoms with Crippen LogP contribution in [0.4, 0.5) is 0 Å². The number of rotatable bonds is 4. The highest BCUT2D eigenvalue weighted by atomic mass is 16.4. The van der Waals surface area contributed by atoms with Gasteiger partial charge in [0.05, 0.1) is 0 Å². The molecular formula is C20H16O5. The molecule has 0 aromatic heterocycles. The van der Waals surface area contributed by atoms with E-state index in [0.717, 1.165) is 0 Å². The Morgan fingerprint density at radius 3 is 1.20 bits per heavy atom. The number of benzene rings is 3. The molecule has 25 heavy (non-hydrogen) atoms. The van der Waals surface area contributed by atoms with Gasteiger partial charge in [-0.05, 0) is 53.1 Å². The Balaban J connectivity index is 2.43. The first-order valence-electron chi connectivity index (χ1n) is 7.56. The van der Waals surface area contributed by atoms with Gasteiger partial charge in [-0.15, -0.1) is 0 Å². The van der Waals surface area contributed by atoms with Gasteiger partial charge in [-0.3, -0.25) is 4.79 Å². The first-order valence-corrected chi connectivity index (χ1v) is 7.56. The SMILES string of the molecule is O=C(O)C(c1cccc(O)c1)(c1cccc(O)c1)c1cccc(O)c1. The summed E-state index contributed by atoms with van der Waals surface area (Å²) in [5.41, 5.74) is -0.806. The minimum atomic E-state index is -1.71. The maximum atomic E-state index is 12.5. The molecule has 0 radical (unpaired) electrons. The summed E-state index contributed by atoms with van der Waals surface area (Å²) in [6.07, 6.45) is 0. The van der Waals surface area contributed by atoms with Gasteiger partial charge in [-0.25, -0.2) is 0 Å². The molecule has 0 aliphatic rings. The molecule has 3 aromatic rings. The molecule has 0 unspecified atom stereocenters. The predicted octanol–water partition coefficient (Wildman–Crippen LogP) is 3.22. The van der Waals surface area contributed by atoms with E-state index in [1.807, 2.05) is 0 Å². The van der Waals surface area contributed by atoms with Gasteiger partial charge in [0.1, 0.15) is 22.7 Å². The minimum absolute atomic E-state index is 0.0802. The van der Waals surface area contributed by atoms with Crippen molar-refractivity contribution in [2.75, 3.05) is 0 Å². The van der Waals surface area contributed by atoms with E-state index in [4.69, 9.17) is 0 Å². The molecule has 0 spiro atoms. The molecular weight excluding hydrogens is 320 g/mol. The summed E-state index contributed by atoms with van der Waals surface area (Å²) in [7, 11) is 0. The lowest BCUT2D eigenvalue weighted by Crippen LogP contribution is -2.38. The molecule has 0 saturated heterocycles. The average Bonchev–Trinajstić information content (AvgIpc) is 2.55. The van der Waals surface area contributed by atoms with Crippen molar-refractivity contribution >= 4 is 5.97 Å². The number of phenolic OH excluding ortho intramolecular Hbond substituents is 3. The summed E-state index contributed by atoms with van der Waals surface area (Å²) in [6, 6.07) is 17.8.